The summed E-state index contributed by atoms with van der Waals surface area (Å²) in [7, 11) is 1.86. The van der Waals surface area contributed by atoms with E-state index in [1.807, 2.05) is 31.3 Å². The van der Waals surface area contributed by atoms with Gasteiger partial charge in [-0.1, -0.05) is 24.3 Å². The monoisotopic (exact) mass is 270 g/mol. The molecular weight excluding hydrogens is 252 g/mol. The third-order valence-electron chi connectivity index (χ3n) is 3.18. The number of phenolic OH excluding ortho intramolecular Hbond substituents is 1. The van der Waals surface area contributed by atoms with Crippen LogP contribution in [0, 0.1) is 6.92 Å². The van der Waals surface area contributed by atoms with Crippen molar-refractivity contribution in [2.45, 2.75) is 13.5 Å². The molecule has 0 aliphatic heterocycles. The summed E-state index contributed by atoms with van der Waals surface area (Å²) in [6.45, 7) is 2.40. The molecule has 1 amide bonds. The summed E-state index contributed by atoms with van der Waals surface area (Å²) in [6, 6.07) is 12.6. The first-order chi connectivity index (χ1) is 9.63. The minimum absolute atomic E-state index is 0.126. The van der Waals surface area contributed by atoms with Gasteiger partial charge in [-0.05, 0) is 37.7 Å². The number of carbonyl (C=O) groups is 1. The number of benzene rings is 2. The number of carbonyl (C=O) groups excluding carboxylic acids is 1. The SMILES string of the molecule is CNCc1ccccc1NC(=O)c1cccc(O)c1C. The van der Waals surface area contributed by atoms with Crippen molar-refractivity contribution in [3.8, 4) is 5.75 Å². The van der Waals surface area contributed by atoms with Crippen molar-refractivity contribution in [1.82, 2.24) is 5.32 Å². The zero-order chi connectivity index (χ0) is 14.5. The summed E-state index contributed by atoms with van der Waals surface area (Å²) in [5, 5.41) is 15.6. The van der Waals surface area contributed by atoms with Gasteiger partial charge in [0.25, 0.3) is 5.91 Å². The molecule has 0 spiro atoms. The zero-order valence-electron chi connectivity index (χ0n) is 11.6. The van der Waals surface area contributed by atoms with Gasteiger partial charge in [-0.25, -0.2) is 0 Å². The third-order valence-corrected chi connectivity index (χ3v) is 3.18. The van der Waals surface area contributed by atoms with E-state index in [-0.39, 0.29) is 11.7 Å². The second kappa shape index (κ2) is 6.21. The molecule has 0 atom stereocenters. The van der Waals surface area contributed by atoms with Crippen LogP contribution in [0.25, 0.3) is 0 Å². The van der Waals surface area contributed by atoms with Crippen molar-refractivity contribution in [3.05, 3.63) is 59.2 Å². The summed E-state index contributed by atoms with van der Waals surface area (Å²) in [5.41, 5.74) is 2.84. The van der Waals surface area contributed by atoms with E-state index in [9.17, 15) is 9.90 Å². The van der Waals surface area contributed by atoms with E-state index in [1.54, 1.807) is 25.1 Å². The molecule has 0 saturated carbocycles. The van der Waals surface area contributed by atoms with Gasteiger partial charge >= 0.3 is 0 Å². The molecule has 4 heteroatoms. The molecule has 2 rings (SSSR count). The van der Waals surface area contributed by atoms with Crippen LogP contribution >= 0.6 is 0 Å². The minimum Gasteiger partial charge on any atom is -0.508 e. The highest BCUT2D eigenvalue weighted by Crippen LogP contribution is 2.22. The Morgan fingerprint density at radius 1 is 1.15 bits per heavy atom. The molecule has 20 heavy (non-hydrogen) atoms. The van der Waals surface area contributed by atoms with Gasteiger partial charge in [-0.2, -0.15) is 0 Å². The second-order valence-corrected chi connectivity index (χ2v) is 4.59. The Labute approximate surface area is 118 Å². The van der Waals surface area contributed by atoms with Gasteiger partial charge < -0.3 is 15.7 Å². The minimum atomic E-state index is -0.220. The van der Waals surface area contributed by atoms with Crippen LogP contribution in [-0.4, -0.2) is 18.1 Å². The number of hydrogen-bond donors (Lipinski definition) is 3. The molecule has 0 heterocycles. The average molecular weight is 270 g/mol. The molecule has 4 nitrogen and oxygen atoms in total. The summed E-state index contributed by atoms with van der Waals surface area (Å²) >= 11 is 0. The number of aromatic hydroxyl groups is 1. The Morgan fingerprint density at radius 3 is 2.65 bits per heavy atom. The summed E-state index contributed by atoms with van der Waals surface area (Å²) < 4.78 is 0. The van der Waals surface area contributed by atoms with Gasteiger partial charge in [-0.15, -0.1) is 0 Å². The van der Waals surface area contributed by atoms with Crippen molar-refractivity contribution >= 4 is 11.6 Å². The molecule has 0 saturated heterocycles. The van der Waals surface area contributed by atoms with Crippen molar-refractivity contribution in [3.63, 3.8) is 0 Å². The highest BCUT2D eigenvalue weighted by molar-refractivity contribution is 6.06. The third kappa shape index (κ3) is 2.97. The lowest BCUT2D eigenvalue weighted by atomic mass is 10.1. The normalized spacial score (nSPS) is 10.3. The maximum absolute atomic E-state index is 12.3. The van der Waals surface area contributed by atoms with Crippen molar-refractivity contribution in [2.75, 3.05) is 12.4 Å². The van der Waals surface area contributed by atoms with Gasteiger partial charge in [0, 0.05) is 23.4 Å². The Kier molecular flexibility index (Phi) is 4.38. The van der Waals surface area contributed by atoms with Crippen molar-refractivity contribution in [2.24, 2.45) is 0 Å². The topological polar surface area (TPSA) is 61.4 Å². The van der Waals surface area contributed by atoms with Crippen LogP contribution in [0.2, 0.25) is 0 Å². The van der Waals surface area contributed by atoms with E-state index < -0.39 is 0 Å². The summed E-state index contributed by atoms with van der Waals surface area (Å²) in [4.78, 5) is 12.3. The molecule has 0 unspecified atom stereocenters. The maximum Gasteiger partial charge on any atom is 0.256 e. The van der Waals surface area contributed by atoms with E-state index >= 15 is 0 Å². The van der Waals surface area contributed by atoms with Crippen LogP contribution in [0.4, 0.5) is 5.69 Å². The smallest absolute Gasteiger partial charge is 0.256 e. The maximum atomic E-state index is 12.3. The Hall–Kier alpha value is -2.33. The van der Waals surface area contributed by atoms with Crippen molar-refractivity contribution in [1.29, 1.82) is 0 Å². The highest BCUT2D eigenvalue weighted by atomic mass is 16.3. The molecular formula is C16H18N2O2. The van der Waals surface area contributed by atoms with E-state index in [2.05, 4.69) is 10.6 Å². The van der Waals surface area contributed by atoms with E-state index in [0.29, 0.717) is 17.7 Å². The number of nitrogens with one attached hydrogen (secondary N) is 2. The summed E-state index contributed by atoms with van der Waals surface area (Å²) in [6.07, 6.45) is 0. The fraction of sp³-hybridized carbons (Fsp3) is 0.188. The van der Waals surface area contributed by atoms with Gasteiger partial charge in [-0.3, -0.25) is 4.79 Å². The number of anilines is 1. The molecule has 0 aliphatic carbocycles. The lowest BCUT2D eigenvalue weighted by Gasteiger charge is -2.12. The molecule has 0 radical (unpaired) electrons. The van der Waals surface area contributed by atoms with Gasteiger partial charge in [0.2, 0.25) is 0 Å². The van der Waals surface area contributed by atoms with Gasteiger partial charge in [0.15, 0.2) is 0 Å². The predicted molar refractivity (Wildman–Crippen MR) is 80.0 cm³/mol. The first kappa shape index (κ1) is 14.1. The number of rotatable bonds is 4. The van der Waals surface area contributed by atoms with Crippen LogP contribution in [-0.2, 0) is 6.54 Å². The van der Waals surface area contributed by atoms with Gasteiger partial charge in [0.1, 0.15) is 5.75 Å². The van der Waals surface area contributed by atoms with Crippen LogP contribution in [0.5, 0.6) is 5.75 Å². The molecule has 0 bridgehead atoms. The first-order valence-corrected chi connectivity index (χ1v) is 6.46. The molecule has 3 N–H and O–H groups in total. The average Bonchev–Trinajstić information content (AvgIpc) is 2.44. The highest BCUT2D eigenvalue weighted by Gasteiger charge is 2.12. The second-order valence-electron chi connectivity index (χ2n) is 4.59. The van der Waals surface area contributed by atoms with E-state index in [4.69, 9.17) is 0 Å². The van der Waals surface area contributed by atoms with Crippen LogP contribution in [0.3, 0.4) is 0 Å². The number of hydrogen-bond acceptors (Lipinski definition) is 3. The van der Waals surface area contributed by atoms with Gasteiger partial charge in [0.05, 0.1) is 0 Å². The quantitative estimate of drug-likeness (QED) is 0.800. The summed E-state index contributed by atoms with van der Waals surface area (Å²) in [5.74, 6) is -0.0943. The molecule has 0 aliphatic rings. The predicted octanol–water partition coefficient (Wildman–Crippen LogP) is 2.67. The van der Waals surface area contributed by atoms with Crippen molar-refractivity contribution < 1.29 is 9.90 Å². The molecule has 0 aromatic heterocycles. The standard InChI is InChI=1S/C16H18N2O2/c1-11-13(7-5-9-15(11)19)16(20)18-14-8-4-3-6-12(14)10-17-2/h3-9,17,19H,10H2,1-2H3,(H,18,20). The Balaban J connectivity index is 2.26. The number of para-hydroxylation sites is 1. The van der Waals surface area contributed by atoms with Crippen LogP contribution in [0.15, 0.2) is 42.5 Å². The molecule has 2 aromatic rings. The van der Waals surface area contributed by atoms with E-state index in [1.165, 1.54) is 0 Å². The van der Waals surface area contributed by atoms with E-state index in [0.717, 1.165) is 11.3 Å². The number of amides is 1. The molecule has 2 aromatic carbocycles. The molecule has 104 valence electrons. The lowest BCUT2D eigenvalue weighted by molar-refractivity contribution is 0.102. The van der Waals surface area contributed by atoms with Crippen LogP contribution in [0.1, 0.15) is 21.5 Å². The fourth-order valence-electron chi connectivity index (χ4n) is 2.05. The first-order valence-electron chi connectivity index (χ1n) is 6.46. The lowest BCUT2D eigenvalue weighted by Crippen LogP contribution is -2.16. The Bertz CT molecular complexity index is 624. The molecule has 0 fully saturated rings. The fourth-order valence-corrected chi connectivity index (χ4v) is 2.05. The zero-order valence-corrected chi connectivity index (χ0v) is 11.6. The van der Waals surface area contributed by atoms with Crippen LogP contribution < -0.4 is 10.6 Å². The largest absolute Gasteiger partial charge is 0.508 e. The number of phenols is 1. The Morgan fingerprint density at radius 2 is 1.90 bits per heavy atom.